The molecular formula is C24H22N2O4S. The highest BCUT2D eigenvalue weighted by molar-refractivity contribution is 7.14. The van der Waals surface area contributed by atoms with Crippen molar-refractivity contribution in [2.75, 3.05) is 13.3 Å². The molecule has 2 amide bonds. The van der Waals surface area contributed by atoms with Crippen LogP contribution in [0.4, 0.5) is 0 Å². The molecule has 0 aliphatic carbocycles. The van der Waals surface area contributed by atoms with E-state index in [9.17, 15) is 9.59 Å². The Labute approximate surface area is 184 Å². The lowest BCUT2D eigenvalue weighted by molar-refractivity contribution is 0.0736. The summed E-state index contributed by atoms with van der Waals surface area (Å²) in [6.07, 6.45) is 0.771. The summed E-state index contributed by atoms with van der Waals surface area (Å²) in [5.74, 6) is 1.36. The Morgan fingerprint density at radius 3 is 2.71 bits per heavy atom. The lowest BCUT2D eigenvalue weighted by Crippen LogP contribution is -2.35. The Morgan fingerprint density at radius 2 is 1.87 bits per heavy atom. The highest BCUT2D eigenvalue weighted by Gasteiger charge is 2.25. The van der Waals surface area contributed by atoms with Crippen molar-refractivity contribution >= 4 is 23.2 Å². The minimum Gasteiger partial charge on any atom is -0.454 e. The highest BCUT2D eigenvalue weighted by Crippen LogP contribution is 2.33. The number of carbonyl (C=O) groups excluding carboxylic acids is 2. The molecule has 0 radical (unpaired) electrons. The van der Waals surface area contributed by atoms with Crippen molar-refractivity contribution in [1.29, 1.82) is 0 Å². The molecule has 2 aliphatic rings. The van der Waals surface area contributed by atoms with Gasteiger partial charge in [0.1, 0.15) is 0 Å². The predicted octanol–water partition coefficient (Wildman–Crippen LogP) is 3.91. The molecule has 0 spiro atoms. The monoisotopic (exact) mass is 434 g/mol. The van der Waals surface area contributed by atoms with E-state index in [0.717, 1.165) is 28.9 Å². The van der Waals surface area contributed by atoms with Crippen molar-refractivity contribution in [2.24, 2.45) is 0 Å². The quantitative estimate of drug-likeness (QED) is 0.676. The van der Waals surface area contributed by atoms with Gasteiger partial charge in [-0.3, -0.25) is 9.59 Å². The fourth-order valence-corrected chi connectivity index (χ4v) is 4.90. The molecule has 0 fully saturated rings. The number of nitrogens with zero attached hydrogens (tertiary/aromatic N) is 1. The number of hydrogen-bond donors (Lipinski definition) is 1. The lowest BCUT2D eigenvalue weighted by Gasteiger charge is -2.27. The largest absolute Gasteiger partial charge is 0.454 e. The molecule has 1 aromatic heterocycles. The number of fused-ring (bicyclic) bond motifs is 2. The molecule has 7 heteroatoms. The van der Waals surface area contributed by atoms with Gasteiger partial charge in [-0.25, -0.2) is 0 Å². The van der Waals surface area contributed by atoms with Gasteiger partial charge in [-0.2, -0.15) is 0 Å². The van der Waals surface area contributed by atoms with Crippen LogP contribution in [-0.4, -0.2) is 30.1 Å². The van der Waals surface area contributed by atoms with Crippen molar-refractivity contribution in [3.8, 4) is 11.5 Å². The summed E-state index contributed by atoms with van der Waals surface area (Å²) in [6, 6.07) is 15.2. The molecular weight excluding hydrogens is 412 g/mol. The molecule has 0 bridgehead atoms. The van der Waals surface area contributed by atoms with E-state index < -0.39 is 0 Å². The van der Waals surface area contributed by atoms with E-state index in [1.807, 2.05) is 60.4 Å². The number of carbonyl (C=O) groups is 2. The van der Waals surface area contributed by atoms with E-state index in [4.69, 9.17) is 9.47 Å². The first-order valence-electron chi connectivity index (χ1n) is 10.2. The van der Waals surface area contributed by atoms with Crippen LogP contribution in [0, 0.1) is 6.92 Å². The number of nitrogens with one attached hydrogen (secondary N) is 1. The molecule has 31 heavy (non-hydrogen) atoms. The Bertz CT molecular complexity index is 1150. The van der Waals surface area contributed by atoms with Crippen LogP contribution < -0.4 is 14.8 Å². The van der Waals surface area contributed by atoms with Crippen LogP contribution in [0.3, 0.4) is 0 Å². The zero-order chi connectivity index (χ0) is 21.4. The van der Waals surface area contributed by atoms with Crippen LogP contribution >= 0.6 is 11.3 Å². The molecule has 0 saturated carbocycles. The third kappa shape index (κ3) is 4.01. The van der Waals surface area contributed by atoms with Gasteiger partial charge in [0.05, 0.1) is 4.88 Å². The van der Waals surface area contributed by atoms with Crippen LogP contribution in [0.1, 0.15) is 41.6 Å². The highest BCUT2D eigenvalue weighted by atomic mass is 32.1. The Morgan fingerprint density at radius 1 is 1.06 bits per heavy atom. The minimum atomic E-state index is -0.103. The van der Waals surface area contributed by atoms with Crippen LogP contribution in [0.5, 0.6) is 11.5 Å². The Hall–Kier alpha value is -3.32. The topological polar surface area (TPSA) is 67.9 Å². The second kappa shape index (κ2) is 8.07. The van der Waals surface area contributed by atoms with Gasteiger partial charge in [0.25, 0.3) is 11.8 Å². The summed E-state index contributed by atoms with van der Waals surface area (Å²) in [6.45, 7) is 3.85. The number of thiophene rings is 1. The maximum atomic E-state index is 12.8. The van der Waals surface area contributed by atoms with Gasteiger partial charge in [0.2, 0.25) is 6.79 Å². The van der Waals surface area contributed by atoms with Gasteiger partial charge in [0.15, 0.2) is 11.5 Å². The molecule has 158 valence electrons. The molecule has 6 nitrogen and oxygen atoms in total. The van der Waals surface area contributed by atoms with E-state index in [1.54, 1.807) is 0 Å². The van der Waals surface area contributed by atoms with E-state index in [-0.39, 0.29) is 18.6 Å². The van der Waals surface area contributed by atoms with Crippen molar-refractivity contribution in [3.63, 3.8) is 0 Å². The van der Waals surface area contributed by atoms with Crippen LogP contribution in [0.2, 0.25) is 0 Å². The van der Waals surface area contributed by atoms with E-state index in [2.05, 4.69) is 5.32 Å². The first-order valence-corrected chi connectivity index (χ1v) is 11.0. The first-order chi connectivity index (χ1) is 15.1. The average molecular weight is 435 g/mol. The second-order valence-corrected chi connectivity index (χ2v) is 8.91. The average Bonchev–Trinajstić information content (AvgIpc) is 3.43. The van der Waals surface area contributed by atoms with Crippen LogP contribution in [-0.2, 0) is 19.5 Å². The summed E-state index contributed by atoms with van der Waals surface area (Å²) >= 11 is 1.52. The van der Waals surface area contributed by atoms with Gasteiger partial charge >= 0.3 is 0 Å². The third-order valence-corrected chi connectivity index (χ3v) is 6.80. The first kappa shape index (κ1) is 19.6. The Kier molecular flexibility index (Phi) is 5.11. The molecule has 1 N–H and O–H groups in total. The number of ether oxygens (including phenoxy) is 2. The molecule has 3 aromatic rings. The molecule has 0 saturated heterocycles. The van der Waals surface area contributed by atoms with Gasteiger partial charge < -0.3 is 19.7 Å². The standard InChI is InChI=1S/C24H22N2O4S/c1-15-2-5-17(6-3-15)24(28)26-9-8-21-18(13-26)11-22(31-21)23(27)25-12-16-4-7-19-20(10-16)30-14-29-19/h2-7,10-11H,8-9,12-14H2,1H3,(H,25,27). The van der Waals surface area contributed by atoms with Crippen LogP contribution in [0.25, 0.3) is 0 Å². The maximum Gasteiger partial charge on any atom is 0.261 e. The number of rotatable bonds is 4. The molecule has 2 aromatic carbocycles. The van der Waals surface area contributed by atoms with Gasteiger partial charge in [0, 0.05) is 30.1 Å². The van der Waals surface area contributed by atoms with Gasteiger partial charge in [-0.05, 0) is 54.8 Å². The number of aryl methyl sites for hydroxylation is 1. The zero-order valence-electron chi connectivity index (χ0n) is 17.1. The number of hydrogen-bond acceptors (Lipinski definition) is 5. The summed E-state index contributed by atoms with van der Waals surface area (Å²) in [7, 11) is 0. The fourth-order valence-electron chi connectivity index (χ4n) is 3.82. The summed E-state index contributed by atoms with van der Waals surface area (Å²) in [4.78, 5) is 29.2. The lowest BCUT2D eigenvalue weighted by atomic mass is 10.1. The predicted molar refractivity (Wildman–Crippen MR) is 118 cm³/mol. The van der Waals surface area contributed by atoms with Crippen molar-refractivity contribution in [2.45, 2.75) is 26.4 Å². The SMILES string of the molecule is Cc1ccc(C(=O)N2CCc3sc(C(=O)NCc4ccc5c(c4)OCO5)cc3C2)cc1. The van der Waals surface area contributed by atoms with E-state index in [1.165, 1.54) is 16.2 Å². The second-order valence-electron chi connectivity index (χ2n) is 7.77. The summed E-state index contributed by atoms with van der Waals surface area (Å²) in [5, 5.41) is 2.98. The molecule has 0 unspecified atom stereocenters. The fraction of sp³-hybridized carbons (Fsp3) is 0.250. The van der Waals surface area contributed by atoms with Crippen molar-refractivity contribution in [1.82, 2.24) is 10.2 Å². The molecule has 3 heterocycles. The van der Waals surface area contributed by atoms with Gasteiger partial charge in [-0.1, -0.05) is 23.8 Å². The Balaban J connectivity index is 1.23. The normalized spacial score (nSPS) is 14.3. The van der Waals surface area contributed by atoms with E-state index >= 15 is 0 Å². The third-order valence-electron chi connectivity index (χ3n) is 5.57. The maximum absolute atomic E-state index is 12.8. The molecule has 2 aliphatic heterocycles. The van der Waals surface area contributed by atoms with E-state index in [0.29, 0.717) is 35.8 Å². The summed E-state index contributed by atoms with van der Waals surface area (Å²) < 4.78 is 10.7. The van der Waals surface area contributed by atoms with Crippen LogP contribution in [0.15, 0.2) is 48.5 Å². The number of amides is 2. The summed E-state index contributed by atoms with van der Waals surface area (Å²) in [5.41, 5.74) is 3.84. The van der Waals surface area contributed by atoms with Gasteiger partial charge in [-0.15, -0.1) is 11.3 Å². The minimum absolute atomic E-state index is 0.0330. The smallest absolute Gasteiger partial charge is 0.261 e. The molecule has 0 atom stereocenters. The number of benzene rings is 2. The molecule has 5 rings (SSSR count). The van der Waals surface area contributed by atoms with Crippen molar-refractivity contribution in [3.05, 3.63) is 80.5 Å². The zero-order valence-corrected chi connectivity index (χ0v) is 18.0. The van der Waals surface area contributed by atoms with Crippen molar-refractivity contribution < 1.29 is 19.1 Å².